The smallest absolute Gasteiger partial charge is 0.243 e. The number of nitrogens with two attached hydrogens (primary N) is 5. The molecule has 0 aromatic heterocycles. The fourth-order valence-electron chi connectivity index (χ4n) is 2.51. The number of rotatable bonds is 14. The summed E-state index contributed by atoms with van der Waals surface area (Å²) in [6, 6.07) is -2.48. The first-order chi connectivity index (χ1) is 13.1. The van der Waals surface area contributed by atoms with Crippen molar-refractivity contribution in [1.29, 1.82) is 0 Å². The fourth-order valence-corrected chi connectivity index (χ4v) is 2.51. The van der Waals surface area contributed by atoms with Gasteiger partial charge in [0.2, 0.25) is 17.7 Å². The van der Waals surface area contributed by atoms with E-state index < -0.39 is 35.8 Å². The number of hydrogen-bond donors (Lipinski definition) is 7. The van der Waals surface area contributed by atoms with E-state index in [4.69, 9.17) is 28.7 Å². The Morgan fingerprint density at radius 3 is 2.03 bits per heavy atom. The lowest BCUT2D eigenvalue weighted by Gasteiger charge is -2.24. The summed E-state index contributed by atoms with van der Waals surface area (Å²) in [7, 11) is 0. The Balaban J connectivity index is 0. The van der Waals surface area contributed by atoms with Crippen molar-refractivity contribution in [1.82, 2.24) is 10.6 Å². The van der Waals surface area contributed by atoms with E-state index in [0.717, 1.165) is 6.42 Å². The van der Waals surface area contributed by atoms with Gasteiger partial charge in [-0.25, -0.2) is 0 Å². The van der Waals surface area contributed by atoms with Gasteiger partial charge < -0.3 is 39.3 Å². The Morgan fingerprint density at radius 1 is 0.931 bits per heavy atom. The summed E-state index contributed by atoms with van der Waals surface area (Å²) in [5, 5.41) is 5.24. The predicted octanol–water partition coefficient (Wildman–Crippen LogP) is -1.97. The zero-order valence-corrected chi connectivity index (χ0v) is 18.0. The molecule has 0 radical (unpaired) electrons. The number of unbranched alkanes of at least 4 members (excludes halogenated alkanes) is 1. The molecular weight excluding hydrogens is 400 g/mol. The molecule has 0 saturated carbocycles. The Labute approximate surface area is 178 Å². The van der Waals surface area contributed by atoms with Gasteiger partial charge >= 0.3 is 0 Å². The largest absolute Gasteiger partial charge is 0.370 e. The second kappa shape index (κ2) is 15.8. The molecule has 170 valence electrons. The number of hydrogen-bond acceptors (Lipinski definition) is 6. The van der Waals surface area contributed by atoms with E-state index in [0.29, 0.717) is 32.4 Å². The summed E-state index contributed by atoms with van der Waals surface area (Å²) in [5.74, 6) is -1.85. The van der Waals surface area contributed by atoms with Crippen molar-refractivity contribution in [2.75, 3.05) is 13.1 Å². The van der Waals surface area contributed by atoms with Crippen LogP contribution in [0.4, 0.5) is 0 Å². The van der Waals surface area contributed by atoms with Crippen molar-refractivity contribution < 1.29 is 14.4 Å². The molecule has 0 fully saturated rings. The number of guanidine groups is 1. The maximum atomic E-state index is 12.6. The van der Waals surface area contributed by atoms with E-state index >= 15 is 0 Å². The van der Waals surface area contributed by atoms with Crippen molar-refractivity contribution in [2.45, 2.75) is 64.1 Å². The fraction of sp³-hybridized carbons (Fsp3) is 0.765. The van der Waals surface area contributed by atoms with E-state index in [1.54, 1.807) is 13.8 Å². The van der Waals surface area contributed by atoms with Gasteiger partial charge in [0.1, 0.15) is 12.1 Å². The minimum atomic E-state index is -0.886. The summed E-state index contributed by atoms with van der Waals surface area (Å²) in [6.45, 7) is 4.34. The van der Waals surface area contributed by atoms with Crippen LogP contribution in [0.2, 0.25) is 0 Å². The second-order valence-corrected chi connectivity index (χ2v) is 7.03. The number of aliphatic imine (C=N–C) groups is 1. The minimum absolute atomic E-state index is 0. The minimum Gasteiger partial charge on any atom is -0.370 e. The molecule has 0 heterocycles. The molecule has 0 spiro atoms. The summed E-state index contributed by atoms with van der Waals surface area (Å²) >= 11 is 0. The molecular formula is C17H37ClN8O3. The van der Waals surface area contributed by atoms with Crippen LogP contribution in [0.25, 0.3) is 0 Å². The monoisotopic (exact) mass is 436 g/mol. The Kier molecular flexibility index (Phi) is 15.8. The lowest BCUT2D eigenvalue weighted by atomic mass is 10.0. The van der Waals surface area contributed by atoms with Crippen LogP contribution in [0.1, 0.15) is 46.0 Å². The van der Waals surface area contributed by atoms with Gasteiger partial charge in [0.25, 0.3) is 0 Å². The molecule has 3 atom stereocenters. The van der Waals surface area contributed by atoms with Gasteiger partial charge in [0, 0.05) is 6.54 Å². The van der Waals surface area contributed by atoms with Gasteiger partial charge in [-0.3, -0.25) is 19.4 Å². The molecule has 0 aliphatic rings. The summed E-state index contributed by atoms with van der Waals surface area (Å²) in [6.07, 6.45) is 2.65. The number of nitrogens with one attached hydrogen (secondary N) is 2. The molecule has 12 N–H and O–H groups in total. The molecule has 3 amide bonds. The van der Waals surface area contributed by atoms with Gasteiger partial charge in [0.05, 0.1) is 6.04 Å². The highest BCUT2D eigenvalue weighted by molar-refractivity contribution is 5.92. The van der Waals surface area contributed by atoms with Crippen molar-refractivity contribution >= 4 is 36.1 Å². The topological polar surface area (TPSA) is 218 Å². The van der Waals surface area contributed by atoms with Crippen LogP contribution >= 0.6 is 12.4 Å². The zero-order valence-electron chi connectivity index (χ0n) is 17.2. The van der Waals surface area contributed by atoms with Crippen molar-refractivity contribution in [3.05, 3.63) is 0 Å². The number of primary amides is 1. The van der Waals surface area contributed by atoms with Gasteiger partial charge in [-0.05, 0) is 38.1 Å². The van der Waals surface area contributed by atoms with Crippen LogP contribution in [-0.4, -0.2) is 54.9 Å². The van der Waals surface area contributed by atoms with E-state index in [2.05, 4.69) is 15.6 Å². The highest BCUT2D eigenvalue weighted by Crippen LogP contribution is 2.06. The quantitative estimate of drug-likeness (QED) is 0.0923. The van der Waals surface area contributed by atoms with Crippen LogP contribution in [0.15, 0.2) is 4.99 Å². The zero-order chi connectivity index (χ0) is 21.7. The van der Waals surface area contributed by atoms with Crippen LogP contribution in [0, 0.1) is 5.92 Å². The molecule has 0 aromatic carbocycles. The number of nitrogens with zero attached hydrogens (tertiary/aromatic N) is 1. The molecule has 12 heteroatoms. The van der Waals surface area contributed by atoms with E-state index in [1.165, 1.54) is 0 Å². The normalized spacial score (nSPS) is 13.6. The first-order valence-electron chi connectivity index (χ1n) is 9.51. The lowest BCUT2D eigenvalue weighted by molar-refractivity contribution is -0.132. The highest BCUT2D eigenvalue weighted by Gasteiger charge is 2.28. The van der Waals surface area contributed by atoms with E-state index in [-0.39, 0.29) is 30.7 Å². The number of halogens is 1. The molecule has 0 rings (SSSR count). The summed E-state index contributed by atoms with van der Waals surface area (Å²) in [4.78, 5) is 40.4. The Hall–Kier alpha value is -2.11. The molecule has 11 nitrogen and oxygen atoms in total. The SMILES string of the molecule is CC(C)C(NC(=O)C(CCCN=C(N)N)NC(=O)C(N)CCCCN)C(N)=O.Cl. The molecule has 0 aliphatic carbocycles. The third-order valence-corrected chi connectivity index (χ3v) is 4.16. The second-order valence-electron chi connectivity index (χ2n) is 7.03. The van der Waals surface area contributed by atoms with Crippen LogP contribution < -0.4 is 39.3 Å². The molecule has 0 bridgehead atoms. The highest BCUT2D eigenvalue weighted by atomic mass is 35.5. The average molecular weight is 437 g/mol. The van der Waals surface area contributed by atoms with Crippen molar-refractivity contribution in [3.63, 3.8) is 0 Å². The van der Waals surface area contributed by atoms with Gasteiger partial charge in [-0.15, -0.1) is 12.4 Å². The first kappa shape index (κ1) is 29.1. The average Bonchev–Trinajstić information content (AvgIpc) is 2.60. The maximum absolute atomic E-state index is 12.6. The van der Waals surface area contributed by atoms with E-state index in [1.807, 2.05) is 0 Å². The molecule has 3 unspecified atom stereocenters. The van der Waals surface area contributed by atoms with Crippen LogP contribution in [-0.2, 0) is 14.4 Å². The van der Waals surface area contributed by atoms with Crippen LogP contribution in [0.5, 0.6) is 0 Å². The third kappa shape index (κ3) is 12.9. The van der Waals surface area contributed by atoms with Gasteiger partial charge in [-0.2, -0.15) is 0 Å². The lowest BCUT2D eigenvalue weighted by Crippen LogP contribution is -2.56. The summed E-state index contributed by atoms with van der Waals surface area (Å²) < 4.78 is 0. The Morgan fingerprint density at radius 2 is 1.55 bits per heavy atom. The van der Waals surface area contributed by atoms with Gasteiger partial charge in [-0.1, -0.05) is 20.3 Å². The predicted molar refractivity (Wildman–Crippen MR) is 116 cm³/mol. The van der Waals surface area contributed by atoms with Crippen molar-refractivity contribution in [3.8, 4) is 0 Å². The first-order valence-corrected chi connectivity index (χ1v) is 9.51. The Bertz CT molecular complexity index is 541. The van der Waals surface area contributed by atoms with Crippen LogP contribution in [0.3, 0.4) is 0 Å². The van der Waals surface area contributed by atoms with Gasteiger partial charge in [0.15, 0.2) is 5.96 Å². The summed E-state index contributed by atoms with van der Waals surface area (Å²) in [5.41, 5.74) is 27.2. The number of amides is 3. The number of carbonyl (C=O) groups excluding carboxylic acids is 3. The molecule has 29 heavy (non-hydrogen) atoms. The van der Waals surface area contributed by atoms with Crippen molar-refractivity contribution in [2.24, 2.45) is 39.6 Å². The molecule has 0 aliphatic heterocycles. The molecule has 0 saturated heterocycles. The van der Waals surface area contributed by atoms with E-state index in [9.17, 15) is 14.4 Å². The third-order valence-electron chi connectivity index (χ3n) is 4.16. The standard InChI is InChI=1S/C17H36N8O3.ClH/c1-10(2)13(14(20)26)25-16(28)12(7-5-9-23-17(21)22)24-15(27)11(19)6-3-4-8-18;/h10-13H,3-9,18-19H2,1-2H3,(H2,20,26)(H,24,27)(H,25,28)(H4,21,22,23);1H. The maximum Gasteiger partial charge on any atom is 0.243 e. The number of carbonyl (C=O) groups is 3. The molecule has 0 aromatic rings.